The van der Waals surface area contributed by atoms with Crippen LogP contribution in [0.2, 0.25) is 0 Å². The molecule has 4 aliphatic rings. The summed E-state index contributed by atoms with van der Waals surface area (Å²) in [6.45, 7) is 4.40. The Labute approximate surface area is 101 Å². The lowest BCUT2D eigenvalue weighted by Gasteiger charge is -2.67. The van der Waals surface area contributed by atoms with Gasteiger partial charge in [-0.3, -0.25) is 0 Å². The van der Waals surface area contributed by atoms with Gasteiger partial charge in [0.15, 0.2) is 0 Å². The first-order chi connectivity index (χ1) is 7.66. The summed E-state index contributed by atoms with van der Waals surface area (Å²) in [7, 11) is 0. The highest BCUT2D eigenvalue weighted by molar-refractivity contribution is 5.66. The van der Waals surface area contributed by atoms with Gasteiger partial charge in [-0.1, -0.05) is 13.8 Å². The van der Waals surface area contributed by atoms with Crippen LogP contribution >= 0.6 is 0 Å². The van der Waals surface area contributed by atoms with Gasteiger partial charge in [0.05, 0.1) is 5.60 Å². The summed E-state index contributed by atoms with van der Waals surface area (Å²) in [6, 6.07) is 0. The summed E-state index contributed by atoms with van der Waals surface area (Å²) in [5, 5.41) is 22.4. The second kappa shape index (κ2) is 2.79. The van der Waals surface area contributed by atoms with E-state index in [9.17, 15) is 9.90 Å². The molecule has 3 N–H and O–H groups in total. The van der Waals surface area contributed by atoms with E-state index in [1.54, 1.807) is 0 Å². The molecule has 4 fully saturated rings. The molecule has 4 aliphatic carbocycles. The van der Waals surface area contributed by atoms with Crippen LogP contribution in [0.4, 0.5) is 4.79 Å². The van der Waals surface area contributed by atoms with Gasteiger partial charge < -0.3 is 15.5 Å². The molecule has 1 amide bonds. The van der Waals surface area contributed by atoms with Gasteiger partial charge in [0, 0.05) is 5.54 Å². The number of rotatable bonds is 1. The monoisotopic (exact) mass is 239 g/mol. The Morgan fingerprint density at radius 3 is 1.94 bits per heavy atom. The highest BCUT2D eigenvalue weighted by atomic mass is 16.4. The summed E-state index contributed by atoms with van der Waals surface area (Å²) in [5.41, 5.74) is -0.846. The molecule has 2 unspecified atom stereocenters. The number of nitrogens with one attached hydrogen (secondary N) is 1. The number of carbonyl (C=O) groups is 1. The Morgan fingerprint density at radius 2 is 1.53 bits per heavy atom. The van der Waals surface area contributed by atoms with Crippen LogP contribution in [0.3, 0.4) is 0 Å². The van der Waals surface area contributed by atoms with E-state index in [1.165, 1.54) is 0 Å². The zero-order valence-corrected chi connectivity index (χ0v) is 10.5. The van der Waals surface area contributed by atoms with E-state index in [4.69, 9.17) is 5.11 Å². The van der Waals surface area contributed by atoms with Crippen molar-refractivity contribution in [2.75, 3.05) is 0 Å². The van der Waals surface area contributed by atoms with Crippen molar-refractivity contribution in [1.82, 2.24) is 5.32 Å². The summed E-state index contributed by atoms with van der Waals surface area (Å²) < 4.78 is 0. The summed E-state index contributed by atoms with van der Waals surface area (Å²) in [5.74, 6) is 0. The van der Waals surface area contributed by atoms with Crippen LogP contribution in [0, 0.1) is 10.8 Å². The van der Waals surface area contributed by atoms with Crippen LogP contribution < -0.4 is 5.32 Å². The smallest absolute Gasteiger partial charge is 0.405 e. The first-order valence-corrected chi connectivity index (χ1v) is 6.39. The number of carboxylic acid groups (broad SMARTS) is 1. The van der Waals surface area contributed by atoms with Gasteiger partial charge in [-0.2, -0.15) is 0 Å². The molecule has 0 aromatic heterocycles. The molecular weight excluding hydrogens is 218 g/mol. The van der Waals surface area contributed by atoms with E-state index in [0.29, 0.717) is 6.42 Å². The van der Waals surface area contributed by atoms with E-state index in [0.717, 1.165) is 32.1 Å². The van der Waals surface area contributed by atoms with Crippen molar-refractivity contribution in [3.63, 3.8) is 0 Å². The van der Waals surface area contributed by atoms with Crippen molar-refractivity contribution in [2.24, 2.45) is 10.8 Å². The van der Waals surface area contributed by atoms with Gasteiger partial charge in [-0.25, -0.2) is 4.79 Å². The summed E-state index contributed by atoms with van der Waals surface area (Å²) in [4.78, 5) is 11.0. The minimum Gasteiger partial charge on any atom is -0.465 e. The standard InChI is InChI=1S/C13H21NO3/c1-10-3-11(2)5-12(4-10,14-9(15)16)8-13(17,6-10)7-11/h14,17H,3-8H2,1-2H3,(H,15,16). The van der Waals surface area contributed by atoms with Crippen LogP contribution in [0.15, 0.2) is 0 Å². The number of amides is 1. The van der Waals surface area contributed by atoms with Crippen molar-refractivity contribution >= 4 is 6.09 Å². The molecule has 0 spiro atoms. The predicted octanol–water partition coefficient (Wildman–Crippen LogP) is 2.12. The van der Waals surface area contributed by atoms with Crippen molar-refractivity contribution < 1.29 is 15.0 Å². The Hall–Kier alpha value is -0.770. The molecule has 0 aliphatic heterocycles. The van der Waals surface area contributed by atoms with Crippen molar-refractivity contribution in [3.05, 3.63) is 0 Å². The molecule has 0 aromatic carbocycles. The maximum atomic E-state index is 11.0. The number of aliphatic hydroxyl groups is 1. The predicted molar refractivity (Wildman–Crippen MR) is 62.8 cm³/mol. The van der Waals surface area contributed by atoms with Gasteiger partial charge in [-0.05, 0) is 49.4 Å². The molecule has 0 saturated heterocycles. The highest BCUT2D eigenvalue weighted by Gasteiger charge is 2.65. The largest absolute Gasteiger partial charge is 0.465 e. The molecule has 4 heteroatoms. The van der Waals surface area contributed by atoms with Gasteiger partial charge in [-0.15, -0.1) is 0 Å². The zero-order valence-electron chi connectivity index (χ0n) is 10.5. The summed E-state index contributed by atoms with van der Waals surface area (Å²) in [6.07, 6.45) is 4.18. The Balaban J connectivity index is 2.01. The average Bonchev–Trinajstić information content (AvgIpc) is 1.87. The zero-order chi connectivity index (χ0) is 12.5. The van der Waals surface area contributed by atoms with E-state index < -0.39 is 17.2 Å². The normalized spacial score (nSPS) is 55.9. The average molecular weight is 239 g/mol. The van der Waals surface area contributed by atoms with Crippen LogP contribution in [0.1, 0.15) is 52.4 Å². The van der Waals surface area contributed by atoms with E-state index in [2.05, 4.69) is 19.2 Å². The molecule has 0 heterocycles. The number of hydrogen-bond acceptors (Lipinski definition) is 2. The molecule has 17 heavy (non-hydrogen) atoms. The van der Waals surface area contributed by atoms with E-state index in [-0.39, 0.29) is 10.8 Å². The van der Waals surface area contributed by atoms with E-state index >= 15 is 0 Å². The second-order valence-electron chi connectivity index (χ2n) is 7.62. The maximum Gasteiger partial charge on any atom is 0.405 e. The Morgan fingerprint density at radius 1 is 1.00 bits per heavy atom. The third-order valence-corrected chi connectivity index (χ3v) is 4.94. The molecule has 4 bridgehead atoms. The lowest BCUT2D eigenvalue weighted by atomic mass is 9.41. The molecule has 0 radical (unpaired) electrons. The first-order valence-electron chi connectivity index (χ1n) is 6.39. The number of hydrogen-bond donors (Lipinski definition) is 3. The quantitative estimate of drug-likeness (QED) is 0.656. The molecule has 96 valence electrons. The van der Waals surface area contributed by atoms with Crippen LogP contribution in [-0.4, -0.2) is 27.4 Å². The lowest BCUT2D eigenvalue weighted by Crippen LogP contribution is -2.70. The third-order valence-electron chi connectivity index (χ3n) is 4.94. The van der Waals surface area contributed by atoms with Gasteiger partial charge in [0.2, 0.25) is 0 Å². The van der Waals surface area contributed by atoms with Crippen LogP contribution in [0.25, 0.3) is 0 Å². The highest BCUT2D eigenvalue weighted by Crippen LogP contribution is 2.67. The first kappa shape index (κ1) is 11.3. The minimum atomic E-state index is -0.956. The molecule has 2 atom stereocenters. The third kappa shape index (κ3) is 1.65. The summed E-state index contributed by atoms with van der Waals surface area (Å²) >= 11 is 0. The fourth-order valence-corrected chi connectivity index (χ4v) is 5.99. The van der Waals surface area contributed by atoms with Crippen molar-refractivity contribution in [2.45, 2.75) is 63.5 Å². The van der Waals surface area contributed by atoms with Crippen LogP contribution in [-0.2, 0) is 0 Å². The fraction of sp³-hybridized carbons (Fsp3) is 0.923. The second-order valence-corrected chi connectivity index (χ2v) is 7.62. The van der Waals surface area contributed by atoms with Gasteiger partial charge in [0.25, 0.3) is 0 Å². The SMILES string of the molecule is CC12CC3(C)CC(O)(C1)CC(NC(=O)O)(C2)C3. The molecule has 4 nitrogen and oxygen atoms in total. The molecule has 0 aromatic rings. The lowest BCUT2D eigenvalue weighted by molar-refractivity contribution is -0.202. The van der Waals surface area contributed by atoms with Crippen molar-refractivity contribution in [1.29, 1.82) is 0 Å². The fourth-order valence-electron chi connectivity index (χ4n) is 5.99. The topological polar surface area (TPSA) is 69.6 Å². The van der Waals surface area contributed by atoms with Gasteiger partial charge >= 0.3 is 6.09 Å². The van der Waals surface area contributed by atoms with Crippen LogP contribution in [0.5, 0.6) is 0 Å². The minimum absolute atomic E-state index is 0.0979. The van der Waals surface area contributed by atoms with E-state index in [1.807, 2.05) is 0 Å². The molecule has 4 rings (SSSR count). The Kier molecular flexibility index (Phi) is 1.86. The maximum absolute atomic E-state index is 11.0. The molecule has 4 saturated carbocycles. The van der Waals surface area contributed by atoms with Gasteiger partial charge in [0.1, 0.15) is 0 Å². The van der Waals surface area contributed by atoms with Crippen molar-refractivity contribution in [3.8, 4) is 0 Å². The Bertz CT molecular complexity index is 339. The molecular formula is C13H21NO3.